The van der Waals surface area contributed by atoms with Crippen LogP contribution in [0.4, 0.5) is 0 Å². The quantitative estimate of drug-likeness (QED) is 0.794. The number of aliphatic hydroxyl groups excluding tert-OH is 1. The van der Waals surface area contributed by atoms with E-state index in [0.717, 1.165) is 12.8 Å². The lowest BCUT2D eigenvalue weighted by molar-refractivity contribution is 0.0272. The monoisotopic (exact) mass is 370 g/mol. The van der Waals surface area contributed by atoms with Crippen LogP contribution in [0.1, 0.15) is 33.6 Å². The first kappa shape index (κ1) is 19.3. The minimum Gasteiger partial charge on any atom is -0.407 e. The first-order chi connectivity index (χ1) is 12.4. The Hall–Kier alpha value is -1.46. The molecule has 3 rings (SSSR count). The van der Waals surface area contributed by atoms with E-state index < -0.39 is 8.32 Å². The molecule has 1 aliphatic rings. The molecular weight excluding hydrogens is 340 g/mol. The van der Waals surface area contributed by atoms with Gasteiger partial charge >= 0.3 is 0 Å². The average Bonchev–Trinajstić information content (AvgIpc) is 3.04. The van der Waals surface area contributed by atoms with Gasteiger partial charge in [0.05, 0.1) is 12.2 Å². The van der Waals surface area contributed by atoms with Crippen molar-refractivity contribution in [2.24, 2.45) is 0 Å². The third-order valence-electron chi connectivity index (χ3n) is 5.31. The fourth-order valence-corrected chi connectivity index (χ4v) is 8.58. The van der Waals surface area contributed by atoms with Crippen LogP contribution in [0.15, 0.2) is 60.7 Å². The molecule has 0 amide bonds. The van der Waals surface area contributed by atoms with E-state index in [0.29, 0.717) is 13.2 Å². The van der Waals surface area contributed by atoms with Gasteiger partial charge in [-0.2, -0.15) is 0 Å². The molecule has 26 heavy (non-hydrogen) atoms. The van der Waals surface area contributed by atoms with Crippen molar-refractivity contribution in [3.63, 3.8) is 0 Å². The van der Waals surface area contributed by atoms with Gasteiger partial charge in [0.15, 0.2) is 0 Å². The van der Waals surface area contributed by atoms with Gasteiger partial charge in [0, 0.05) is 13.2 Å². The summed E-state index contributed by atoms with van der Waals surface area (Å²) in [6, 6.07) is 21.3. The standard InChI is InChI=1S/C22H30O3Si/c1-22(2,3)26(18-10-6-4-7-11-18,19-12-8-5-9-13-19)25-17-15-21-20(23)14-16-24-21/h4-13,20-21,23H,14-17H2,1-3H3/t20-,21-/m0/s1. The van der Waals surface area contributed by atoms with Crippen LogP contribution in [0.3, 0.4) is 0 Å². The second-order valence-corrected chi connectivity index (χ2v) is 12.4. The van der Waals surface area contributed by atoms with Crippen LogP contribution < -0.4 is 10.4 Å². The number of hydrogen-bond donors (Lipinski definition) is 1. The highest BCUT2D eigenvalue weighted by Crippen LogP contribution is 2.37. The van der Waals surface area contributed by atoms with Gasteiger partial charge in [-0.05, 0) is 28.3 Å². The SMILES string of the molecule is CC(C)(C)[Si](OCC[C@@H]1OCC[C@@H]1O)(c1ccccc1)c1ccccc1. The van der Waals surface area contributed by atoms with E-state index in [4.69, 9.17) is 9.16 Å². The Bertz CT molecular complexity index is 642. The minimum atomic E-state index is -2.48. The Kier molecular flexibility index (Phi) is 5.98. The summed E-state index contributed by atoms with van der Waals surface area (Å²) in [5, 5.41) is 12.6. The summed E-state index contributed by atoms with van der Waals surface area (Å²) in [4.78, 5) is 0. The maximum Gasteiger partial charge on any atom is 0.261 e. The van der Waals surface area contributed by atoms with Crippen molar-refractivity contribution in [2.75, 3.05) is 13.2 Å². The van der Waals surface area contributed by atoms with Crippen molar-refractivity contribution >= 4 is 18.7 Å². The molecule has 1 fully saturated rings. The highest BCUT2D eigenvalue weighted by molar-refractivity contribution is 6.99. The molecule has 4 heteroatoms. The molecule has 0 aliphatic carbocycles. The van der Waals surface area contributed by atoms with Gasteiger partial charge < -0.3 is 14.3 Å². The van der Waals surface area contributed by atoms with E-state index in [2.05, 4.69) is 81.4 Å². The van der Waals surface area contributed by atoms with Crippen molar-refractivity contribution < 1.29 is 14.3 Å². The summed E-state index contributed by atoms with van der Waals surface area (Å²) >= 11 is 0. The highest BCUT2D eigenvalue weighted by atomic mass is 28.4. The lowest BCUT2D eigenvalue weighted by atomic mass is 10.1. The number of benzene rings is 2. The summed E-state index contributed by atoms with van der Waals surface area (Å²) in [7, 11) is -2.48. The van der Waals surface area contributed by atoms with Crippen LogP contribution >= 0.6 is 0 Å². The van der Waals surface area contributed by atoms with Gasteiger partial charge in [0.2, 0.25) is 0 Å². The molecule has 0 bridgehead atoms. The zero-order valence-electron chi connectivity index (χ0n) is 16.0. The zero-order chi connectivity index (χ0) is 18.6. The molecular formula is C22H30O3Si. The van der Waals surface area contributed by atoms with E-state index in [1.54, 1.807) is 0 Å². The number of ether oxygens (including phenoxy) is 1. The molecule has 0 spiro atoms. The predicted molar refractivity (Wildman–Crippen MR) is 109 cm³/mol. The molecule has 1 N–H and O–H groups in total. The molecule has 1 saturated heterocycles. The molecule has 0 saturated carbocycles. The van der Waals surface area contributed by atoms with Gasteiger partial charge in [-0.15, -0.1) is 0 Å². The summed E-state index contributed by atoms with van der Waals surface area (Å²) in [6.45, 7) is 8.07. The minimum absolute atomic E-state index is 0.0230. The first-order valence-corrected chi connectivity index (χ1v) is 11.4. The normalized spacial score (nSPS) is 21.1. The summed E-state index contributed by atoms with van der Waals surface area (Å²) in [6.07, 6.45) is 0.987. The van der Waals surface area contributed by atoms with Gasteiger partial charge in [0.1, 0.15) is 0 Å². The van der Waals surface area contributed by atoms with Crippen LogP contribution in [0.25, 0.3) is 0 Å². The van der Waals surface area contributed by atoms with Crippen LogP contribution in [-0.2, 0) is 9.16 Å². The molecule has 2 atom stereocenters. The summed E-state index contributed by atoms with van der Waals surface area (Å²) in [5.41, 5.74) is 0. The second-order valence-electron chi connectivity index (χ2n) is 8.07. The fourth-order valence-electron chi connectivity index (χ4n) is 4.00. The third kappa shape index (κ3) is 3.79. The van der Waals surface area contributed by atoms with Crippen LogP contribution in [0.5, 0.6) is 0 Å². The predicted octanol–water partition coefficient (Wildman–Crippen LogP) is 3.10. The molecule has 0 aromatic heterocycles. The molecule has 3 nitrogen and oxygen atoms in total. The van der Waals surface area contributed by atoms with Crippen molar-refractivity contribution in [3.05, 3.63) is 60.7 Å². The second kappa shape index (κ2) is 8.05. The topological polar surface area (TPSA) is 38.7 Å². The third-order valence-corrected chi connectivity index (χ3v) is 10.4. The fraction of sp³-hybridized carbons (Fsp3) is 0.455. The molecule has 0 unspecified atom stereocenters. The Balaban J connectivity index is 1.95. The van der Waals surface area contributed by atoms with Crippen LogP contribution in [0.2, 0.25) is 5.04 Å². The molecule has 2 aromatic carbocycles. The summed E-state index contributed by atoms with van der Waals surface area (Å²) < 4.78 is 12.5. The van der Waals surface area contributed by atoms with E-state index >= 15 is 0 Å². The Morgan fingerprint density at radius 1 is 1.00 bits per heavy atom. The van der Waals surface area contributed by atoms with E-state index in [-0.39, 0.29) is 17.2 Å². The molecule has 0 radical (unpaired) electrons. The molecule has 140 valence electrons. The Morgan fingerprint density at radius 3 is 1.96 bits per heavy atom. The van der Waals surface area contributed by atoms with E-state index in [1.165, 1.54) is 10.4 Å². The number of aliphatic hydroxyl groups is 1. The average molecular weight is 371 g/mol. The Labute approximate surface area is 158 Å². The maximum absolute atomic E-state index is 10.0. The van der Waals surface area contributed by atoms with Crippen molar-refractivity contribution in [2.45, 2.75) is 50.9 Å². The number of hydrogen-bond acceptors (Lipinski definition) is 3. The molecule has 1 heterocycles. The first-order valence-electron chi connectivity index (χ1n) is 9.50. The zero-order valence-corrected chi connectivity index (χ0v) is 17.0. The highest BCUT2D eigenvalue weighted by Gasteiger charge is 2.50. The van der Waals surface area contributed by atoms with Crippen LogP contribution in [0, 0.1) is 0 Å². The molecule has 2 aromatic rings. The largest absolute Gasteiger partial charge is 0.407 e. The van der Waals surface area contributed by atoms with Gasteiger partial charge in [-0.1, -0.05) is 81.4 Å². The van der Waals surface area contributed by atoms with Gasteiger partial charge in [0.25, 0.3) is 8.32 Å². The Morgan fingerprint density at radius 2 is 1.54 bits per heavy atom. The number of rotatable bonds is 6. The van der Waals surface area contributed by atoms with Gasteiger partial charge in [-0.3, -0.25) is 0 Å². The van der Waals surface area contributed by atoms with Crippen molar-refractivity contribution in [1.82, 2.24) is 0 Å². The van der Waals surface area contributed by atoms with Crippen molar-refractivity contribution in [1.29, 1.82) is 0 Å². The van der Waals surface area contributed by atoms with E-state index in [9.17, 15) is 5.11 Å². The van der Waals surface area contributed by atoms with E-state index in [1.807, 2.05) is 0 Å². The maximum atomic E-state index is 10.0. The summed E-state index contributed by atoms with van der Waals surface area (Å²) in [5.74, 6) is 0. The lowest BCUT2D eigenvalue weighted by Crippen LogP contribution is -2.66. The lowest BCUT2D eigenvalue weighted by Gasteiger charge is -2.43. The van der Waals surface area contributed by atoms with Gasteiger partial charge in [-0.25, -0.2) is 0 Å². The van der Waals surface area contributed by atoms with Crippen molar-refractivity contribution in [3.8, 4) is 0 Å². The van der Waals surface area contributed by atoms with Crippen LogP contribution in [-0.4, -0.2) is 38.8 Å². The smallest absolute Gasteiger partial charge is 0.261 e. The molecule has 1 aliphatic heterocycles.